The second-order valence-corrected chi connectivity index (χ2v) is 7.61. The summed E-state index contributed by atoms with van der Waals surface area (Å²) in [5.74, 6) is -0.395. The van der Waals surface area contributed by atoms with E-state index in [9.17, 15) is 14.9 Å². The molecule has 0 aliphatic rings. The number of benzene rings is 1. The number of fused-ring (bicyclic) bond motifs is 1. The third-order valence-electron chi connectivity index (χ3n) is 3.73. The van der Waals surface area contributed by atoms with E-state index in [-0.39, 0.29) is 5.00 Å². The van der Waals surface area contributed by atoms with Crippen LogP contribution in [0.5, 0.6) is 0 Å². The Labute approximate surface area is 151 Å². The number of aryl methyl sites for hydroxylation is 3. The summed E-state index contributed by atoms with van der Waals surface area (Å²) >= 11 is 2.50. The molecule has 2 aromatic heterocycles. The molecule has 3 aromatic rings. The zero-order valence-electron chi connectivity index (χ0n) is 13.8. The molecular weight excluding hydrogens is 358 g/mol. The van der Waals surface area contributed by atoms with Gasteiger partial charge in [0, 0.05) is 24.1 Å². The molecule has 0 N–H and O–H groups in total. The van der Waals surface area contributed by atoms with Crippen molar-refractivity contribution in [1.82, 2.24) is 4.57 Å². The highest BCUT2D eigenvalue weighted by Gasteiger charge is 2.10. The van der Waals surface area contributed by atoms with E-state index >= 15 is 0 Å². The smallest absolute Gasteiger partial charge is 0.319 e. The zero-order chi connectivity index (χ0) is 18.1. The average molecular weight is 373 g/mol. The van der Waals surface area contributed by atoms with Crippen molar-refractivity contribution in [2.24, 2.45) is 12.0 Å². The van der Waals surface area contributed by atoms with Crippen molar-refractivity contribution in [2.45, 2.75) is 13.8 Å². The summed E-state index contributed by atoms with van der Waals surface area (Å²) < 4.78 is 3.04. The van der Waals surface area contributed by atoms with Crippen LogP contribution in [-0.4, -0.2) is 15.4 Å². The maximum absolute atomic E-state index is 12.1. The van der Waals surface area contributed by atoms with Gasteiger partial charge >= 0.3 is 5.00 Å². The minimum atomic E-state index is -0.448. The highest BCUT2D eigenvalue weighted by atomic mass is 32.1. The van der Waals surface area contributed by atoms with Gasteiger partial charge in [-0.1, -0.05) is 34.8 Å². The summed E-state index contributed by atoms with van der Waals surface area (Å²) in [6, 6.07) is 7.14. The first-order chi connectivity index (χ1) is 11.9. The molecule has 0 unspecified atom stereocenters. The summed E-state index contributed by atoms with van der Waals surface area (Å²) in [4.78, 5) is 27.8. The zero-order valence-corrected chi connectivity index (χ0v) is 15.5. The minimum absolute atomic E-state index is 0.0471. The first-order valence-corrected chi connectivity index (χ1v) is 9.07. The number of thiophene rings is 1. The Bertz CT molecular complexity index is 1090. The lowest BCUT2D eigenvalue weighted by atomic mass is 10.1. The molecule has 0 radical (unpaired) electrons. The van der Waals surface area contributed by atoms with E-state index in [1.54, 1.807) is 12.1 Å². The molecule has 0 aliphatic heterocycles. The molecule has 0 spiro atoms. The van der Waals surface area contributed by atoms with Crippen LogP contribution in [0, 0.1) is 24.0 Å². The highest BCUT2D eigenvalue weighted by Crippen LogP contribution is 2.25. The van der Waals surface area contributed by atoms with Gasteiger partial charge in [0.15, 0.2) is 4.80 Å². The predicted molar refractivity (Wildman–Crippen MR) is 101 cm³/mol. The molecule has 0 atom stereocenters. The third kappa shape index (κ3) is 3.45. The summed E-state index contributed by atoms with van der Waals surface area (Å²) in [5.41, 5.74) is 3.36. The van der Waals surface area contributed by atoms with Crippen LogP contribution in [0.25, 0.3) is 16.3 Å². The van der Waals surface area contributed by atoms with Gasteiger partial charge < -0.3 is 4.57 Å². The van der Waals surface area contributed by atoms with Crippen LogP contribution in [-0.2, 0) is 11.8 Å². The Morgan fingerprint density at radius 1 is 1.20 bits per heavy atom. The first-order valence-electron chi connectivity index (χ1n) is 7.43. The molecule has 1 amide bonds. The molecule has 128 valence electrons. The van der Waals surface area contributed by atoms with E-state index in [1.165, 1.54) is 23.5 Å². The lowest BCUT2D eigenvalue weighted by Crippen LogP contribution is -2.12. The second-order valence-electron chi connectivity index (χ2n) is 5.54. The Balaban J connectivity index is 1.93. The quantitative estimate of drug-likeness (QED) is 0.396. The van der Waals surface area contributed by atoms with Gasteiger partial charge in [-0.05, 0) is 37.1 Å². The number of thiazole rings is 1. The second kappa shape index (κ2) is 6.73. The van der Waals surface area contributed by atoms with Crippen molar-refractivity contribution >= 4 is 49.9 Å². The number of carbonyl (C=O) groups excluding carboxylic acids is 1. The number of hydrogen-bond acceptors (Lipinski definition) is 5. The fourth-order valence-corrected chi connectivity index (χ4v) is 4.38. The largest absolute Gasteiger partial charge is 0.324 e. The monoisotopic (exact) mass is 373 g/mol. The summed E-state index contributed by atoms with van der Waals surface area (Å²) in [6.45, 7) is 4.07. The van der Waals surface area contributed by atoms with Crippen molar-refractivity contribution in [3.05, 3.63) is 61.3 Å². The number of nitrogens with zero attached hydrogens (tertiary/aromatic N) is 3. The molecule has 0 saturated heterocycles. The molecule has 0 fully saturated rings. The third-order valence-corrected chi connectivity index (χ3v) is 6.00. The van der Waals surface area contributed by atoms with E-state index in [0.717, 1.165) is 32.7 Å². The Hall–Kier alpha value is -2.58. The van der Waals surface area contributed by atoms with Gasteiger partial charge in [0.05, 0.1) is 15.1 Å². The molecule has 2 heterocycles. The molecule has 25 heavy (non-hydrogen) atoms. The minimum Gasteiger partial charge on any atom is -0.319 e. The van der Waals surface area contributed by atoms with Gasteiger partial charge in [-0.3, -0.25) is 14.9 Å². The van der Waals surface area contributed by atoms with E-state index in [1.807, 2.05) is 25.5 Å². The number of hydrogen-bond donors (Lipinski definition) is 0. The van der Waals surface area contributed by atoms with E-state index < -0.39 is 10.8 Å². The number of amides is 1. The summed E-state index contributed by atoms with van der Waals surface area (Å²) in [7, 11) is 1.89. The molecule has 8 heteroatoms. The van der Waals surface area contributed by atoms with Crippen LogP contribution in [0.4, 0.5) is 5.00 Å². The van der Waals surface area contributed by atoms with Gasteiger partial charge in [-0.2, -0.15) is 4.99 Å². The SMILES string of the molecule is Cc1ccc(C)c2c1sc(=NC(=O)C=Cc1ccc([N+](=O)[O-])s1)n2C. The Morgan fingerprint density at radius 3 is 2.56 bits per heavy atom. The van der Waals surface area contributed by atoms with Crippen LogP contribution in [0.1, 0.15) is 16.0 Å². The number of nitro groups is 1. The topological polar surface area (TPSA) is 77.5 Å². The fraction of sp³-hybridized carbons (Fsp3) is 0.176. The lowest BCUT2D eigenvalue weighted by molar-refractivity contribution is -0.380. The van der Waals surface area contributed by atoms with Crippen molar-refractivity contribution in [3.8, 4) is 0 Å². The van der Waals surface area contributed by atoms with Crippen molar-refractivity contribution < 1.29 is 9.72 Å². The molecule has 6 nitrogen and oxygen atoms in total. The van der Waals surface area contributed by atoms with Crippen LogP contribution in [0.2, 0.25) is 0 Å². The fourth-order valence-electron chi connectivity index (χ4n) is 2.48. The van der Waals surface area contributed by atoms with Crippen molar-refractivity contribution in [3.63, 3.8) is 0 Å². The molecule has 3 rings (SSSR count). The molecular formula is C17H15N3O3S2. The lowest BCUT2D eigenvalue weighted by Gasteiger charge is -2.01. The first kappa shape index (κ1) is 17.2. The van der Waals surface area contributed by atoms with Crippen LogP contribution in [0.15, 0.2) is 35.3 Å². The van der Waals surface area contributed by atoms with Crippen molar-refractivity contribution in [1.29, 1.82) is 0 Å². The van der Waals surface area contributed by atoms with Crippen LogP contribution >= 0.6 is 22.7 Å². The normalized spacial score (nSPS) is 12.4. The Kier molecular flexibility index (Phi) is 4.65. The highest BCUT2D eigenvalue weighted by molar-refractivity contribution is 7.16. The van der Waals surface area contributed by atoms with Crippen LogP contribution < -0.4 is 4.80 Å². The summed E-state index contributed by atoms with van der Waals surface area (Å²) in [5, 5.41) is 10.7. The van der Waals surface area contributed by atoms with Gasteiger partial charge in [0.1, 0.15) is 0 Å². The van der Waals surface area contributed by atoms with Gasteiger partial charge in [-0.15, -0.1) is 0 Å². The Morgan fingerprint density at radius 2 is 1.92 bits per heavy atom. The average Bonchev–Trinajstić information content (AvgIpc) is 3.16. The maximum atomic E-state index is 12.1. The molecule has 0 aliphatic carbocycles. The van der Waals surface area contributed by atoms with E-state index in [4.69, 9.17) is 0 Å². The van der Waals surface area contributed by atoms with Crippen LogP contribution in [0.3, 0.4) is 0 Å². The number of carbonyl (C=O) groups is 1. The standard InChI is InChI=1S/C17H15N3O3S2/c1-10-4-5-11(2)16-15(10)19(3)17(25-16)18-13(21)8-6-12-7-9-14(24-12)20(22)23/h4-9H,1-3H3. The molecule has 1 aromatic carbocycles. The van der Waals surface area contributed by atoms with Crippen molar-refractivity contribution in [2.75, 3.05) is 0 Å². The molecule has 0 bridgehead atoms. The predicted octanol–water partition coefficient (Wildman–Crippen LogP) is 3.97. The summed E-state index contributed by atoms with van der Waals surface area (Å²) in [6.07, 6.45) is 2.88. The molecule has 0 saturated carbocycles. The number of rotatable bonds is 3. The van der Waals surface area contributed by atoms with Gasteiger partial charge in [-0.25, -0.2) is 0 Å². The number of aromatic nitrogens is 1. The van der Waals surface area contributed by atoms with E-state index in [0.29, 0.717) is 9.68 Å². The van der Waals surface area contributed by atoms with E-state index in [2.05, 4.69) is 17.1 Å². The van der Waals surface area contributed by atoms with Gasteiger partial charge in [0.25, 0.3) is 5.91 Å². The maximum Gasteiger partial charge on any atom is 0.324 e. The van der Waals surface area contributed by atoms with Gasteiger partial charge in [0.2, 0.25) is 0 Å².